The lowest BCUT2D eigenvalue weighted by atomic mass is 10.3. The molecule has 0 aliphatic heterocycles. The van der Waals surface area contributed by atoms with Gasteiger partial charge in [-0.05, 0) is 32.5 Å². The maximum atomic E-state index is 11.8. The van der Waals surface area contributed by atoms with Crippen molar-refractivity contribution in [1.29, 1.82) is 0 Å². The molecule has 0 aromatic carbocycles. The zero-order chi connectivity index (χ0) is 14.9. The fourth-order valence-electron chi connectivity index (χ4n) is 2.34. The van der Waals surface area contributed by atoms with Crippen molar-refractivity contribution >= 4 is 29.3 Å². The van der Waals surface area contributed by atoms with Crippen LogP contribution in [0.15, 0.2) is 0 Å². The Morgan fingerprint density at radius 2 is 2.20 bits per heavy atom. The molecule has 2 N–H and O–H groups in total. The highest BCUT2D eigenvalue weighted by Crippen LogP contribution is 2.18. The quantitative estimate of drug-likeness (QED) is 0.828. The highest BCUT2D eigenvalue weighted by molar-refractivity contribution is 7.71. The zero-order valence-electron chi connectivity index (χ0n) is 12.4. The standard InChI is InChI=1S/C13H21N5OS/c1-5-9-11-12(17(4)16-9)18(13(20)15-11)7-6-10(19)14-8(2)3/h8H,5-7H2,1-4H3,(H,14,19)(H,15,20). The maximum absolute atomic E-state index is 11.8. The number of hydrogen-bond acceptors (Lipinski definition) is 3. The van der Waals surface area contributed by atoms with E-state index in [-0.39, 0.29) is 11.9 Å². The van der Waals surface area contributed by atoms with Gasteiger partial charge in [0.2, 0.25) is 5.91 Å². The highest BCUT2D eigenvalue weighted by Gasteiger charge is 2.15. The van der Waals surface area contributed by atoms with Crippen molar-refractivity contribution in [2.75, 3.05) is 0 Å². The third-order valence-electron chi connectivity index (χ3n) is 3.17. The van der Waals surface area contributed by atoms with Crippen LogP contribution in [-0.4, -0.2) is 31.3 Å². The van der Waals surface area contributed by atoms with Crippen molar-refractivity contribution in [2.24, 2.45) is 7.05 Å². The largest absolute Gasteiger partial charge is 0.354 e. The fourth-order valence-corrected chi connectivity index (χ4v) is 2.62. The van der Waals surface area contributed by atoms with Crippen LogP contribution < -0.4 is 5.32 Å². The van der Waals surface area contributed by atoms with Gasteiger partial charge in [-0.15, -0.1) is 0 Å². The van der Waals surface area contributed by atoms with Crippen LogP contribution in [0.25, 0.3) is 11.2 Å². The first-order valence-electron chi connectivity index (χ1n) is 6.87. The van der Waals surface area contributed by atoms with E-state index in [1.165, 1.54) is 0 Å². The Morgan fingerprint density at radius 3 is 2.80 bits per heavy atom. The number of imidazole rings is 1. The number of nitrogens with zero attached hydrogens (tertiary/aromatic N) is 3. The van der Waals surface area contributed by atoms with E-state index in [1.807, 2.05) is 30.1 Å². The molecule has 0 unspecified atom stereocenters. The lowest BCUT2D eigenvalue weighted by molar-refractivity contribution is -0.121. The van der Waals surface area contributed by atoms with Crippen LogP contribution in [-0.2, 0) is 24.8 Å². The molecular formula is C13H21N5OS. The fraction of sp³-hybridized carbons (Fsp3) is 0.615. The van der Waals surface area contributed by atoms with Gasteiger partial charge in [-0.3, -0.25) is 9.48 Å². The summed E-state index contributed by atoms with van der Waals surface area (Å²) in [6.45, 7) is 6.52. The molecule has 2 aromatic heterocycles. The summed E-state index contributed by atoms with van der Waals surface area (Å²) in [5.41, 5.74) is 2.92. The van der Waals surface area contributed by atoms with Crippen molar-refractivity contribution in [2.45, 2.75) is 46.2 Å². The zero-order valence-corrected chi connectivity index (χ0v) is 13.2. The summed E-state index contributed by atoms with van der Waals surface area (Å²) in [5.74, 6) is 0.0362. The van der Waals surface area contributed by atoms with E-state index in [9.17, 15) is 4.79 Å². The molecule has 110 valence electrons. The second-order valence-electron chi connectivity index (χ2n) is 5.18. The summed E-state index contributed by atoms with van der Waals surface area (Å²) in [4.78, 5) is 14.9. The molecule has 6 nitrogen and oxygen atoms in total. The molecule has 7 heteroatoms. The molecule has 0 saturated carbocycles. The number of fused-ring (bicyclic) bond motifs is 1. The molecule has 2 rings (SSSR count). The SMILES string of the molecule is CCc1nn(C)c2c1[nH]c(=S)n2CCC(=O)NC(C)C. The number of aromatic nitrogens is 4. The third kappa shape index (κ3) is 2.77. The van der Waals surface area contributed by atoms with Gasteiger partial charge < -0.3 is 14.9 Å². The van der Waals surface area contributed by atoms with Gasteiger partial charge in [-0.1, -0.05) is 6.92 Å². The minimum atomic E-state index is 0.0362. The van der Waals surface area contributed by atoms with Gasteiger partial charge in [-0.2, -0.15) is 5.10 Å². The normalized spacial score (nSPS) is 11.4. The van der Waals surface area contributed by atoms with Gasteiger partial charge in [0, 0.05) is 26.1 Å². The van der Waals surface area contributed by atoms with Gasteiger partial charge in [0.05, 0.1) is 5.69 Å². The molecule has 20 heavy (non-hydrogen) atoms. The molecule has 0 bridgehead atoms. The van der Waals surface area contributed by atoms with Crippen molar-refractivity contribution in [3.8, 4) is 0 Å². The predicted molar refractivity (Wildman–Crippen MR) is 81.2 cm³/mol. The molecule has 2 aromatic rings. The van der Waals surface area contributed by atoms with Crippen LogP contribution >= 0.6 is 12.2 Å². The van der Waals surface area contributed by atoms with Gasteiger partial charge >= 0.3 is 0 Å². The van der Waals surface area contributed by atoms with E-state index in [1.54, 1.807) is 0 Å². The minimum Gasteiger partial charge on any atom is -0.354 e. The van der Waals surface area contributed by atoms with Crippen LogP contribution in [0.2, 0.25) is 0 Å². The van der Waals surface area contributed by atoms with Gasteiger partial charge in [0.15, 0.2) is 10.4 Å². The van der Waals surface area contributed by atoms with E-state index in [2.05, 4.69) is 22.3 Å². The molecule has 0 atom stereocenters. The van der Waals surface area contributed by atoms with E-state index in [4.69, 9.17) is 12.2 Å². The number of nitrogens with one attached hydrogen (secondary N) is 2. The van der Waals surface area contributed by atoms with E-state index < -0.39 is 0 Å². The molecule has 1 amide bonds. The van der Waals surface area contributed by atoms with Crippen molar-refractivity contribution < 1.29 is 4.79 Å². The number of carbonyl (C=O) groups is 1. The first-order chi connectivity index (χ1) is 9.43. The first-order valence-corrected chi connectivity index (χ1v) is 7.28. The third-order valence-corrected chi connectivity index (χ3v) is 3.49. The Labute approximate surface area is 123 Å². The van der Waals surface area contributed by atoms with Crippen LogP contribution in [0.3, 0.4) is 0 Å². The van der Waals surface area contributed by atoms with Crippen molar-refractivity contribution in [1.82, 2.24) is 24.6 Å². The van der Waals surface area contributed by atoms with E-state index >= 15 is 0 Å². The molecular weight excluding hydrogens is 274 g/mol. The number of rotatable bonds is 5. The number of carbonyl (C=O) groups excluding carboxylic acids is 1. The average molecular weight is 295 g/mol. The Hall–Kier alpha value is -1.63. The molecule has 0 aliphatic rings. The van der Waals surface area contributed by atoms with Gasteiger partial charge in [-0.25, -0.2) is 0 Å². The van der Waals surface area contributed by atoms with Gasteiger partial charge in [0.1, 0.15) is 5.52 Å². The summed E-state index contributed by atoms with van der Waals surface area (Å²) in [7, 11) is 1.90. The molecule has 0 spiro atoms. The van der Waals surface area contributed by atoms with Crippen molar-refractivity contribution in [3.63, 3.8) is 0 Å². The molecule has 0 aliphatic carbocycles. The highest BCUT2D eigenvalue weighted by atomic mass is 32.1. The minimum absolute atomic E-state index is 0.0362. The average Bonchev–Trinajstić information content (AvgIpc) is 2.83. The monoisotopic (exact) mass is 295 g/mol. The lowest BCUT2D eigenvalue weighted by Gasteiger charge is -2.09. The molecule has 0 saturated heterocycles. The van der Waals surface area contributed by atoms with Crippen LogP contribution in [0.1, 0.15) is 32.9 Å². The van der Waals surface area contributed by atoms with Crippen LogP contribution in [0.5, 0.6) is 0 Å². The number of amides is 1. The Balaban J connectivity index is 2.26. The second kappa shape index (κ2) is 5.78. The Bertz CT molecular complexity index is 679. The molecule has 0 fully saturated rings. The van der Waals surface area contributed by atoms with Crippen LogP contribution in [0, 0.1) is 4.77 Å². The smallest absolute Gasteiger partial charge is 0.221 e. The number of aromatic amines is 1. The lowest BCUT2D eigenvalue weighted by Crippen LogP contribution is -2.30. The predicted octanol–water partition coefficient (Wildman–Crippen LogP) is 1.91. The maximum Gasteiger partial charge on any atom is 0.221 e. The second-order valence-corrected chi connectivity index (χ2v) is 5.56. The van der Waals surface area contributed by atoms with E-state index in [0.717, 1.165) is 23.3 Å². The number of hydrogen-bond donors (Lipinski definition) is 2. The molecule has 2 heterocycles. The topological polar surface area (TPSA) is 67.6 Å². The van der Waals surface area contributed by atoms with Crippen LogP contribution in [0.4, 0.5) is 0 Å². The summed E-state index contributed by atoms with van der Waals surface area (Å²) < 4.78 is 4.40. The van der Waals surface area contributed by atoms with Crippen molar-refractivity contribution in [3.05, 3.63) is 10.5 Å². The molecule has 0 radical (unpaired) electrons. The summed E-state index contributed by atoms with van der Waals surface area (Å²) in [5, 5.41) is 7.35. The van der Waals surface area contributed by atoms with Gasteiger partial charge in [0.25, 0.3) is 0 Å². The summed E-state index contributed by atoms with van der Waals surface area (Å²) in [6.07, 6.45) is 1.26. The van der Waals surface area contributed by atoms with E-state index in [0.29, 0.717) is 17.7 Å². The Morgan fingerprint density at radius 1 is 1.50 bits per heavy atom. The first kappa shape index (κ1) is 14.8. The Kier molecular flexibility index (Phi) is 4.27. The summed E-state index contributed by atoms with van der Waals surface area (Å²) in [6, 6.07) is 0.158. The summed E-state index contributed by atoms with van der Waals surface area (Å²) >= 11 is 5.35. The number of aryl methyl sites for hydroxylation is 3. The number of H-pyrrole nitrogens is 1.